The maximum atomic E-state index is 12.3. The van der Waals surface area contributed by atoms with Gasteiger partial charge in [-0.05, 0) is 43.2 Å². The molecule has 0 fully saturated rings. The number of carbonyl (C=O) groups excluding carboxylic acids is 1. The van der Waals surface area contributed by atoms with E-state index in [1.807, 2.05) is 13.0 Å². The summed E-state index contributed by atoms with van der Waals surface area (Å²) in [6.07, 6.45) is 0. The molecule has 0 saturated heterocycles. The van der Waals surface area contributed by atoms with E-state index in [0.717, 1.165) is 11.1 Å². The van der Waals surface area contributed by atoms with Crippen LogP contribution in [0.25, 0.3) is 0 Å². The normalized spacial score (nSPS) is 11.4. The number of nitrogens with two attached hydrogens (primary N) is 1. The first-order valence-corrected chi connectivity index (χ1v) is 8.23. The summed E-state index contributed by atoms with van der Waals surface area (Å²) < 4.78 is 27.2. The van der Waals surface area contributed by atoms with Gasteiger partial charge in [0, 0.05) is 12.1 Å². The molecule has 0 saturated carbocycles. The molecule has 0 aliphatic carbocycles. The van der Waals surface area contributed by atoms with Gasteiger partial charge in [0.05, 0.1) is 4.90 Å². The SMILES string of the molecule is Cc1ccc(S(=O)(=O)NCc2ccc(C(N)=O)cc2)c(C)c1. The van der Waals surface area contributed by atoms with Gasteiger partial charge in [-0.25, -0.2) is 13.1 Å². The Kier molecular flexibility index (Phi) is 4.63. The summed E-state index contributed by atoms with van der Waals surface area (Å²) in [5.41, 5.74) is 8.02. The highest BCUT2D eigenvalue weighted by atomic mass is 32.2. The molecule has 2 aromatic carbocycles. The zero-order valence-corrected chi connectivity index (χ0v) is 13.3. The lowest BCUT2D eigenvalue weighted by atomic mass is 10.1. The third-order valence-electron chi connectivity index (χ3n) is 3.32. The molecule has 0 heterocycles. The molecule has 0 radical (unpaired) electrons. The first kappa shape index (κ1) is 16.2. The second-order valence-electron chi connectivity index (χ2n) is 5.15. The average Bonchev–Trinajstić information content (AvgIpc) is 2.45. The van der Waals surface area contributed by atoms with Gasteiger partial charge in [-0.1, -0.05) is 29.8 Å². The van der Waals surface area contributed by atoms with E-state index in [-0.39, 0.29) is 11.4 Å². The predicted molar refractivity (Wildman–Crippen MR) is 84.9 cm³/mol. The summed E-state index contributed by atoms with van der Waals surface area (Å²) >= 11 is 0. The number of benzene rings is 2. The van der Waals surface area contributed by atoms with Crippen LogP contribution in [0.3, 0.4) is 0 Å². The summed E-state index contributed by atoms with van der Waals surface area (Å²) in [5, 5.41) is 0. The second-order valence-corrected chi connectivity index (χ2v) is 6.89. The summed E-state index contributed by atoms with van der Waals surface area (Å²) in [4.78, 5) is 11.3. The van der Waals surface area contributed by atoms with Crippen LogP contribution in [0.2, 0.25) is 0 Å². The van der Waals surface area contributed by atoms with Crippen LogP contribution in [-0.2, 0) is 16.6 Å². The van der Waals surface area contributed by atoms with E-state index >= 15 is 0 Å². The summed E-state index contributed by atoms with van der Waals surface area (Å²) in [6, 6.07) is 11.7. The highest BCUT2D eigenvalue weighted by Gasteiger charge is 2.16. The van der Waals surface area contributed by atoms with Crippen LogP contribution >= 0.6 is 0 Å². The van der Waals surface area contributed by atoms with Crippen molar-refractivity contribution in [2.24, 2.45) is 5.73 Å². The Bertz CT molecular complexity index is 797. The van der Waals surface area contributed by atoms with E-state index in [1.165, 1.54) is 0 Å². The van der Waals surface area contributed by atoms with Crippen LogP contribution in [0.4, 0.5) is 0 Å². The van der Waals surface area contributed by atoms with E-state index in [0.29, 0.717) is 11.1 Å². The first-order chi connectivity index (χ1) is 10.3. The molecule has 1 amide bonds. The Labute approximate surface area is 130 Å². The molecule has 2 rings (SSSR count). The van der Waals surface area contributed by atoms with Crippen molar-refractivity contribution in [3.05, 3.63) is 64.7 Å². The minimum atomic E-state index is -3.57. The molecule has 0 unspecified atom stereocenters. The van der Waals surface area contributed by atoms with Gasteiger partial charge >= 0.3 is 0 Å². The topological polar surface area (TPSA) is 89.3 Å². The summed E-state index contributed by atoms with van der Waals surface area (Å²) in [7, 11) is -3.57. The molecule has 116 valence electrons. The van der Waals surface area contributed by atoms with Gasteiger partial charge in [0.1, 0.15) is 0 Å². The minimum Gasteiger partial charge on any atom is -0.366 e. The van der Waals surface area contributed by atoms with E-state index in [4.69, 9.17) is 5.73 Å². The van der Waals surface area contributed by atoms with Gasteiger partial charge in [-0.15, -0.1) is 0 Å². The van der Waals surface area contributed by atoms with Crippen molar-refractivity contribution >= 4 is 15.9 Å². The van der Waals surface area contributed by atoms with Gasteiger partial charge in [-0.3, -0.25) is 4.79 Å². The number of carbonyl (C=O) groups is 1. The number of primary amides is 1. The zero-order valence-electron chi connectivity index (χ0n) is 12.5. The van der Waals surface area contributed by atoms with Crippen molar-refractivity contribution < 1.29 is 13.2 Å². The number of amides is 1. The van der Waals surface area contributed by atoms with Crippen LogP contribution in [0.5, 0.6) is 0 Å². The molecule has 5 nitrogen and oxygen atoms in total. The Morgan fingerprint density at radius 2 is 1.73 bits per heavy atom. The van der Waals surface area contributed by atoms with Crippen LogP contribution < -0.4 is 10.5 Å². The predicted octanol–water partition coefficient (Wildman–Crippen LogP) is 1.88. The number of hydrogen-bond acceptors (Lipinski definition) is 3. The van der Waals surface area contributed by atoms with Gasteiger partial charge in [-0.2, -0.15) is 0 Å². The Balaban J connectivity index is 2.14. The van der Waals surface area contributed by atoms with E-state index in [1.54, 1.807) is 43.3 Å². The lowest BCUT2D eigenvalue weighted by Gasteiger charge is -2.10. The minimum absolute atomic E-state index is 0.148. The van der Waals surface area contributed by atoms with E-state index < -0.39 is 15.9 Å². The molecule has 0 aliphatic heterocycles. The number of sulfonamides is 1. The Morgan fingerprint density at radius 3 is 2.27 bits per heavy atom. The molecule has 22 heavy (non-hydrogen) atoms. The molecular weight excluding hydrogens is 300 g/mol. The van der Waals surface area contributed by atoms with Gasteiger partial charge in [0.15, 0.2) is 0 Å². The van der Waals surface area contributed by atoms with Crippen LogP contribution in [0.15, 0.2) is 47.4 Å². The zero-order chi connectivity index (χ0) is 16.3. The lowest BCUT2D eigenvalue weighted by molar-refractivity contribution is 0.100. The largest absolute Gasteiger partial charge is 0.366 e. The average molecular weight is 318 g/mol. The maximum Gasteiger partial charge on any atom is 0.248 e. The third kappa shape index (κ3) is 3.72. The molecule has 0 bridgehead atoms. The van der Waals surface area contributed by atoms with E-state index in [9.17, 15) is 13.2 Å². The molecule has 0 aliphatic rings. The van der Waals surface area contributed by atoms with Gasteiger partial charge in [0.25, 0.3) is 0 Å². The fourth-order valence-electron chi connectivity index (χ4n) is 2.14. The van der Waals surface area contributed by atoms with Crippen molar-refractivity contribution in [1.82, 2.24) is 4.72 Å². The summed E-state index contributed by atoms with van der Waals surface area (Å²) in [5.74, 6) is -0.512. The first-order valence-electron chi connectivity index (χ1n) is 6.75. The van der Waals surface area contributed by atoms with Crippen LogP contribution in [-0.4, -0.2) is 14.3 Å². The molecule has 6 heteroatoms. The van der Waals surface area contributed by atoms with Crippen molar-refractivity contribution in [3.63, 3.8) is 0 Å². The molecule has 2 aromatic rings. The maximum absolute atomic E-state index is 12.3. The van der Waals surface area contributed by atoms with Crippen molar-refractivity contribution in [2.45, 2.75) is 25.3 Å². The van der Waals surface area contributed by atoms with Crippen LogP contribution in [0, 0.1) is 13.8 Å². The quantitative estimate of drug-likeness (QED) is 0.882. The van der Waals surface area contributed by atoms with Crippen molar-refractivity contribution in [1.29, 1.82) is 0 Å². The number of hydrogen-bond donors (Lipinski definition) is 2. The number of aryl methyl sites for hydroxylation is 2. The van der Waals surface area contributed by atoms with Crippen molar-refractivity contribution in [2.75, 3.05) is 0 Å². The number of nitrogens with one attached hydrogen (secondary N) is 1. The fraction of sp³-hybridized carbons (Fsp3) is 0.188. The highest BCUT2D eigenvalue weighted by molar-refractivity contribution is 7.89. The Hall–Kier alpha value is -2.18. The number of rotatable bonds is 5. The molecule has 0 spiro atoms. The lowest BCUT2D eigenvalue weighted by Crippen LogP contribution is -2.24. The van der Waals surface area contributed by atoms with Crippen LogP contribution in [0.1, 0.15) is 27.0 Å². The molecule has 0 atom stereocenters. The standard InChI is InChI=1S/C16H18N2O3S/c1-11-3-8-15(12(2)9-11)22(20,21)18-10-13-4-6-14(7-5-13)16(17)19/h3-9,18H,10H2,1-2H3,(H2,17,19). The third-order valence-corrected chi connectivity index (χ3v) is 4.89. The monoisotopic (exact) mass is 318 g/mol. The molecule has 3 N–H and O–H groups in total. The summed E-state index contributed by atoms with van der Waals surface area (Å²) in [6.45, 7) is 3.83. The molecule has 0 aromatic heterocycles. The highest BCUT2D eigenvalue weighted by Crippen LogP contribution is 2.16. The van der Waals surface area contributed by atoms with E-state index in [2.05, 4.69) is 4.72 Å². The van der Waals surface area contributed by atoms with Crippen molar-refractivity contribution in [3.8, 4) is 0 Å². The second kappa shape index (κ2) is 6.29. The van der Waals surface area contributed by atoms with Gasteiger partial charge in [0.2, 0.25) is 15.9 Å². The Morgan fingerprint density at radius 1 is 1.09 bits per heavy atom. The molecular formula is C16H18N2O3S. The smallest absolute Gasteiger partial charge is 0.248 e. The fourth-order valence-corrected chi connectivity index (χ4v) is 3.39. The van der Waals surface area contributed by atoms with Gasteiger partial charge < -0.3 is 5.73 Å².